The fourth-order valence-corrected chi connectivity index (χ4v) is 4.22. The average Bonchev–Trinajstić information content (AvgIpc) is 3.22. The van der Waals surface area contributed by atoms with E-state index in [-0.39, 0.29) is 0 Å². The number of piperidine rings is 1. The Kier molecular flexibility index (Phi) is 5.91. The van der Waals surface area contributed by atoms with E-state index in [1.165, 1.54) is 17.7 Å². The number of anilines is 1. The Hall–Kier alpha value is -3.12. The van der Waals surface area contributed by atoms with Crippen molar-refractivity contribution < 1.29 is 0 Å². The number of aliphatic imine (C=N–C) groups is 1. The summed E-state index contributed by atoms with van der Waals surface area (Å²) in [5.74, 6) is 0.666. The van der Waals surface area contributed by atoms with Crippen molar-refractivity contribution in [3.63, 3.8) is 0 Å². The first-order chi connectivity index (χ1) is 14.2. The standard InChI is InChI=1S/C25H26N4/c1-2-21(28-22-11-8-19(17-26)9-12-22)10-7-18-13-14-27-24(15-18)25-16-20-5-3-4-6-23(20)29-25/h3-6,8-9,11-12,18,24,27-28H,1,7,10,13-16H2/t18?,24-/m1/s1. The minimum absolute atomic E-state index is 0.379. The number of hydrogen-bond acceptors (Lipinski definition) is 4. The lowest BCUT2D eigenvalue weighted by Gasteiger charge is -2.30. The van der Waals surface area contributed by atoms with Gasteiger partial charge in [-0.3, -0.25) is 4.99 Å². The lowest BCUT2D eigenvalue weighted by atomic mass is 9.85. The maximum atomic E-state index is 8.92. The summed E-state index contributed by atoms with van der Waals surface area (Å²) in [6, 6.07) is 18.5. The summed E-state index contributed by atoms with van der Waals surface area (Å²) in [7, 11) is 0. The minimum atomic E-state index is 0.379. The van der Waals surface area contributed by atoms with E-state index in [1.54, 1.807) is 0 Å². The fourth-order valence-electron chi connectivity index (χ4n) is 4.22. The van der Waals surface area contributed by atoms with E-state index in [0.717, 1.165) is 49.3 Å². The van der Waals surface area contributed by atoms with Gasteiger partial charge in [0.2, 0.25) is 0 Å². The van der Waals surface area contributed by atoms with Crippen LogP contribution in [-0.4, -0.2) is 18.3 Å². The lowest BCUT2D eigenvalue weighted by Crippen LogP contribution is -2.43. The number of fused-ring (bicyclic) bond motifs is 1. The van der Waals surface area contributed by atoms with Gasteiger partial charge in [-0.2, -0.15) is 5.26 Å². The molecule has 2 aromatic rings. The number of nitrogens with zero attached hydrogens (tertiary/aromatic N) is 2. The van der Waals surface area contributed by atoms with E-state index in [4.69, 9.17) is 10.3 Å². The predicted octanol–water partition coefficient (Wildman–Crippen LogP) is 5.12. The number of allylic oxidation sites excluding steroid dienone is 1. The summed E-state index contributed by atoms with van der Waals surface area (Å²) in [4.78, 5) is 4.88. The lowest BCUT2D eigenvalue weighted by molar-refractivity contribution is 0.326. The van der Waals surface area contributed by atoms with Crippen LogP contribution in [0.2, 0.25) is 0 Å². The highest BCUT2D eigenvalue weighted by atomic mass is 15.0. The Balaban J connectivity index is 1.31. The van der Waals surface area contributed by atoms with E-state index < -0.39 is 0 Å². The first-order valence-corrected chi connectivity index (χ1v) is 10.3. The SMILES string of the molecule is C=C=C(CCC1CCN[C@@H](C2=Nc3ccccc3C2)C1)Nc1ccc(C#N)cc1. The van der Waals surface area contributed by atoms with Gasteiger partial charge in [0.15, 0.2) is 0 Å². The Bertz CT molecular complexity index is 990. The van der Waals surface area contributed by atoms with Gasteiger partial charge in [0.05, 0.1) is 23.0 Å². The topological polar surface area (TPSA) is 60.2 Å². The zero-order valence-electron chi connectivity index (χ0n) is 16.6. The molecule has 0 aromatic heterocycles. The molecule has 0 radical (unpaired) electrons. The van der Waals surface area contributed by atoms with E-state index in [2.05, 4.69) is 53.3 Å². The van der Waals surface area contributed by atoms with Gasteiger partial charge in [-0.15, -0.1) is 5.73 Å². The molecular formula is C25H26N4. The van der Waals surface area contributed by atoms with Gasteiger partial charge in [-0.25, -0.2) is 0 Å². The maximum absolute atomic E-state index is 8.92. The molecule has 4 nitrogen and oxygen atoms in total. The molecule has 4 rings (SSSR count). The monoisotopic (exact) mass is 382 g/mol. The third-order valence-electron chi connectivity index (χ3n) is 5.87. The van der Waals surface area contributed by atoms with E-state index in [0.29, 0.717) is 17.5 Å². The summed E-state index contributed by atoms with van der Waals surface area (Å²) in [5.41, 5.74) is 9.45. The normalized spacial score (nSPS) is 20.2. The number of hydrogen-bond donors (Lipinski definition) is 2. The third kappa shape index (κ3) is 4.66. The number of nitrogens with one attached hydrogen (secondary N) is 2. The van der Waals surface area contributed by atoms with Gasteiger partial charge in [0.25, 0.3) is 0 Å². The Morgan fingerprint density at radius 3 is 2.79 bits per heavy atom. The average molecular weight is 383 g/mol. The molecule has 0 bridgehead atoms. The second-order valence-electron chi connectivity index (χ2n) is 7.81. The zero-order chi connectivity index (χ0) is 20.1. The van der Waals surface area contributed by atoms with Crippen LogP contribution in [0.1, 0.15) is 36.8 Å². The molecule has 29 heavy (non-hydrogen) atoms. The molecule has 0 spiro atoms. The van der Waals surface area contributed by atoms with Gasteiger partial charge in [0.1, 0.15) is 0 Å². The maximum Gasteiger partial charge on any atom is 0.0991 e. The van der Waals surface area contributed by atoms with Gasteiger partial charge in [-0.05, 0) is 74.0 Å². The molecule has 146 valence electrons. The molecule has 0 aliphatic carbocycles. The number of nitriles is 1. The highest BCUT2D eigenvalue weighted by Gasteiger charge is 2.28. The van der Waals surface area contributed by atoms with E-state index in [9.17, 15) is 0 Å². The third-order valence-corrected chi connectivity index (χ3v) is 5.87. The van der Waals surface area contributed by atoms with Gasteiger partial charge in [-0.1, -0.05) is 24.8 Å². The van der Waals surface area contributed by atoms with Crippen LogP contribution in [0.5, 0.6) is 0 Å². The molecule has 2 N–H and O–H groups in total. The summed E-state index contributed by atoms with van der Waals surface area (Å²) < 4.78 is 0. The smallest absolute Gasteiger partial charge is 0.0991 e. The first kappa shape index (κ1) is 19.2. The van der Waals surface area contributed by atoms with Crippen LogP contribution < -0.4 is 10.6 Å². The summed E-state index contributed by atoms with van der Waals surface area (Å²) in [6.07, 6.45) is 5.33. The van der Waals surface area contributed by atoms with Gasteiger partial charge >= 0.3 is 0 Å². The van der Waals surface area contributed by atoms with E-state index >= 15 is 0 Å². The van der Waals surface area contributed by atoms with Crippen LogP contribution >= 0.6 is 0 Å². The quantitative estimate of drug-likeness (QED) is 0.682. The molecule has 4 heteroatoms. The molecule has 2 heterocycles. The van der Waals surface area contributed by atoms with Crippen molar-refractivity contribution in [3.05, 3.63) is 77.7 Å². The molecule has 1 fully saturated rings. The van der Waals surface area contributed by atoms with Gasteiger partial charge in [0, 0.05) is 23.9 Å². The largest absolute Gasteiger partial charge is 0.353 e. The second-order valence-corrected chi connectivity index (χ2v) is 7.81. The summed E-state index contributed by atoms with van der Waals surface area (Å²) >= 11 is 0. The minimum Gasteiger partial charge on any atom is -0.353 e. The Labute approximate surface area is 172 Å². The van der Waals surface area contributed by atoms with Crippen LogP contribution in [0, 0.1) is 17.2 Å². The van der Waals surface area contributed by atoms with Crippen LogP contribution in [0.15, 0.2) is 71.5 Å². The van der Waals surface area contributed by atoms with Crippen molar-refractivity contribution in [2.24, 2.45) is 10.9 Å². The number of rotatable bonds is 6. The molecule has 2 aliphatic rings. The number of para-hydroxylation sites is 1. The molecule has 2 atom stereocenters. The van der Waals surface area contributed by atoms with E-state index in [1.807, 2.05) is 24.3 Å². The summed E-state index contributed by atoms with van der Waals surface area (Å²) in [6.45, 7) is 4.89. The van der Waals surface area contributed by atoms with Crippen molar-refractivity contribution in [1.82, 2.24) is 5.32 Å². The molecule has 0 saturated carbocycles. The first-order valence-electron chi connectivity index (χ1n) is 10.3. The Morgan fingerprint density at radius 1 is 1.21 bits per heavy atom. The highest BCUT2D eigenvalue weighted by molar-refractivity contribution is 5.97. The highest BCUT2D eigenvalue weighted by Crippen LogP contribution is 2.31. The number of benzene rings is 2. The molecular weight excluding hydrogens is 356 g/mol. The summed E-state index contributed by atoms with van der Waals surface area (Å²) in [5, 5.41) is 16.0. The van der Waals surface area contributed by atoms with Crippen molar-refractivity contribution in [2.75, 3.05) is 11.9 Å². The molecule has 1 unspecified atom stereocenters. The predicted molar refractivity (Wildman–Crippen MR) is 118 cm³/mol. The van der Waals surface area contributed by atoms with Crippen molar-refractivity contribution >= 4 is 17.1 Å². The molecule has 2 aliphatic heterocycles. The molecule has 2 aromatic carbocycles. The molecule has 0 amide bonds. The van der Waals surface area contributed by atoms with Crippen molar-refractivity contribution in [1.29, 1.82) is 5.26 Å². The Morgan fingerprint density at radius 2 is 2.03 bits per heavy atom. The molecule has 1 saturated heterocycles. The van der Waals surface area contributed by atoms with Crippen LogP contribution in [0.4, 0.5) is 11.4 Å². The van der Waals surface area contributed by atoms with Crippen molar-refractivity contribution in [3.8, 4) is 6.07 Å². The second kappa shape index (κ2) is 8.92. The fraction of sp³-hybridized carbons (Fsp3) is 0.320. The van der Waals surface area contributed by atoms with Crippen molar-refractivity contribution in [2.45, 2.75) is 38.1 Å². The zero-order valence-corrected chi connectivity index (χ0v) is 16.6. The van der Waals surface area contributed by atoms with Crippen LogP contribution in [0.25, 0.3) is 0 Å². The van der Waals surface area contributed by atoms with Crippen LogP contribution in [-0.2, 0) is 6.42 Å². The van der Waals surface area contributed by atoms with Gasteiger partial charge < -0.3 is 10.6 Å². The van der Waals surface area contributed by atoms with Crippen LogP contribution in [0.3, 0.4) is 0 Å².